The van der Waals surface area contributed by atoms with E-state index >= 15 is 0 Å². The summed E-state index contributed by atoms with van der Waals surface area (Å²) >= 11 is 0. The van der Waals surface area contributed by atoms with Crippen molar-refractivity contribution >= 4 is 5.95 Å². The van der Waals surface area contributed by atoms with E-state index in [2.05, 4.69) is 57.6 Å². The Hall–Kier alpha value is -0.990. The van der Waals surface area contributed by atoms with Gasteiger partial charge in [-0.2, -0.15) is 0 Å². The monoisotopic (exact) mass is 277 g/mol. The molecule has 1 heterocycles. The fourth-order valence-corrected chi connectivity index (χ4v) is 3.74. The molecule has 1 aliphatic rings. The number of aromatic nitrogens is 2. The van der Waals surface area contributed by atoms with Crippen molar-refractivity contribution in [1.29, 1.82) is 0 Å². The Morgan fingerprint density at radius 3 is 2.35 bits per heavy atom. The maximum absolute atomic E-state index is 4.72. The molecule has 0 radical (unpaired) electrons. The predicted molar refractivity (Wildman–Crippen MR) is 86.2 cm³/mol. The summed E-state index contributed by atoms with van der Waals surface area (Å²) in [6.45, 7) is 13.5. The number of anilines is 1. The SMILES string of the molecule is Cc1cn(C2CCCC2)c(NC(C)(C)CC(C)(C)C)n1. The van der Waals surface area contributed by atoms with Crippen molar-refractivity contribution in [2.45, 2.75) is 85.2 Å². The van der Waals surface area contributed by atoms with Gasteiger partial charge in [0.25, 0.3) is 0 Å². The first-order valence-electron chi connectivity index (χ1n) is 8.00. The van der Waals surface area contributed by atoms with Gasteiger partial charge in [0.15, 0.2) is 0 Å². The third-order valence-electron chi connectivity index (χ3n) is 3.99. The van der Waals surface area contributed by atoms with E-state index in [-0.39, 0.29) is 5.54 Å². The summed E-state index contributed by atoms with van der Waals surface area (Å²) in [5.74, 6) is 1.06. The highest BCUT2D eigenvalue weighted by Gasteiger charge is 2.28. The van der Waals surface area contributed by atoms with Gasteiger partial charge in [-0.1, -0.05) is 33.6 Å². The molecule has 0 spiro atoms. The van der Waals surface area contributed by atoms with Crippen LogP contribution in [0.15, 0.2) is 6.20 Å². The molecule has 1 saturated carbocycles. The number of nitrogens with zero attached hydrogens (tertiary/aromatic N) is 2. The number of hydrogen-bond donors (Lipinski definition) is 1. The first kappa shape index (κ1) is 15.4. The summed E-state index contributed by atoms with van der Waals surface area (Å²) in [5.41, 5.74) is 1.49. The fraction of sp³-hybridized carbons (Fsp3) is 0.824. The van der Waals surface area contributed by atoms with Crippen molar-refractivity contribution < 1.29 is 0 Å². The first-order chi connectivity index (χ1) is 9.16. The molecule has 1 N–H and O–H groups in total. The molecule has 0 aliphatic heterocycles. The topological polar surface area (TPSA) is 29.9 Å². The van der Waals surface area contributed by atoms with Crippen LogP contribution in [0.25, 0.3) is 0 Å². The highest BCUT2D eigenvalue weighted by Crippen LogP contribution is 2.34. The van der Waals surface area contributed by atoms with Gasteiger partial charge in [-0.15, -0.1) is 0 Å². The van der Waals surface area contributed by atoms with Crippen LogP contribution in [0.4, 0.5) is 5.95 Å². The maximum Gasteiger partial charge on any atom is 0.203 e. The molecule has 0 aromatic carbocycles. The molecule has 0 unspecified atom stereocenters. The molecule has 0 amide bonds. The Morgan fingerprint density at radius 1 is 1.20 bits per heavy atom. The van der Waals surface area contributed by atoms with Crippen molar-refractivity contribution in [3.8, 4) is 0 Å². The van der Waals surface area contributed by atoms with E-state index in [9.17, 15) is 0 Å². The van der Waals surface area contributed by atoms with Gasteiger partial charge in [-0.05, 0) is 45.4 Å². The Morgan fingerprint density at radius 2 is 1.80 bits per heavy atom. The van der Waals surface area contributed by atoms with Gasteiger partial charge < -0.3 is 9.88 Å². The number of nitrogens with one attached hydrogen (secondary N) is 1. The van der Waals surface area contributed by atoms with Gasteiger partial charge >= 0.3 is 0 Å². The van der Waals surface area contributed by atoms with Crippen LogP contribution in [-0.4, -0.2) is 15.1 Å². The van der Waals surface area contributed by atoms with Crippen LogP contribution in [0.1, 0.15) is 78.5 Å². The zero-order valence-electron chi connectivity index (χ0n) is 14.1. The molecule has 3 heteroatoms. The van der Waals surface area contributed by atoms with Crippen LogP contribution < -0.4 is 5.32 Å². The zero-order chi connectivity index (χ0) is 15.0. The largest absolute Gasteiger partial charge is 0.351 e. The fourth-order valence-electron chi connectivity index (χ4n) is 3.74. The summed E-state index contributed by atoms with van der Waals surface area (Å²) in [6, 6.07) is 0.643. The molecule has 3 nitrogen and oxygen atoms in total. The minimum atomic E-state index is 0.0619. The van der Waals surface area contributed by atoms with Crippen molar-refractivity contribution in [2.75, 3.05) is 5.32 Å². The molecular formula is C17H31N3. The minimum Gasteiger partial charge on any atom is -0.351 e. The van der Waals surface area contributed by atoms with Gasteiger partial charge in [0.1, 0.15) is 0 Å². The van der Waals surface area contributed by atoms with Gasteiger partial charge in [0.05, 0.1) is 5.69 Å². The summed E-state index contributed by atoms with van der Waals surface area (Å²) in [7, 11) is 0. The summed E-state index contributed by atoms with van der Waals surface area (Å²) in [5, 5.41) is 3.69. The van der Waals surface area contributed by atoms with Crippen molar-refractivity contribution in [3.63, 3.8) is 0 Å². The van der Waals surface area contributed by atoms with E-state index in [1.165, 1.54) is 25.7 Å². The van der Waals surface area contributed by atoms with Crippen LogP contribution in [0.2, 0.25) is 0 Å². The molecule has 0 saturated heterocycles. The molecule has 1 fully saturated rings. The lowest BCUT2D eigenvalue weighted by molar-refractivity contribution is 0.300. The van der Waals surface area contributed by atoms with Gasteiger partial charge in [0, 0.05) is 17.8 Å². The highest BCUT2D eigenvalue weighted by molar-refractivity contribution is 5.33. The number of hydrogen-bond acceptors (Lipinski definition) is 2. The summed E-state index contributed by atoms with van der Waals surface area (Å²) in [4.78, 5) is 4.72. The molecule has 1 aromatic heterocycles. The molecule has 20 heavy (non-hydrogen) atoms. The van der Waals surface area contributed by atoms with E-state index in [1.54, 1.807) is 0 Å². The standard InChI is InChI=1S/C17H31N3/c1-13-11-20(14-9-7-8-10-14)15(18-13)19-17(5,6)12-16(2,3)4/h11,14H,7-10,12H2,1-6H3,(H,18,19). The van der Waals surface area contributed by atoms with Gasteiger partial charge in [0.2, 0.25) is 5.95 Å². The number of imidazole rings is 1. The van der Waals surface area contributed by atoms with Crippen LogP contribution in [0.5, 0.6) is 0 Å². The average molecular weight is 277 g/mol. The second-order valence-corrected chi connectivity index (χ2v) is 8.30. The second-order valence-electron chi connectivity index (χ2n) is 8.30. The van der Waals surface area contributed by atoms with E-state index in [1.807, 2.05) is 0 Å². The average Bonchev–Trinajstić information content (AvgIpc) is 2.82. The van der Waals surface area contributed by atoms with Crippen LogP contribution in [-0.2, 0) is 0 Å². The predicted octanol–water partition coefficient (Wildman–Crippen LogP) is 4.93. The highest BCUT2D eigenvalue weighted by atomic mass is 15.2. The summed E-state index contributed by atoms with van der Waals surface area (Å²) in [6.07, 6.45) is 8.63. The maximum atomic E-state index is 4.72. The lowest BCUT2D eigenvalue weighted by Gasteiger charge is -2.34. The molecule has 0 bridgehead atoms. The van der Waals surface area contributed by atoms with Crippen molar-refractivity contribution in [1.82, 2.24) is 9.55 Å². The third kappa shape index (κ3) is 4.00. The molecule has 0 atom stereocenters. The van der Waals surface area contributed by atoms with Crippen LogP contribution in [0, 0.1) is 12.3 Å². The normalized spacial score (nSPS) is 17.7. The molecule has 1 aliphatic carbocycles. The molecular weight excluding hydrogens is 246 g/mol. The molecule has 1 aromatic rings. The zero-order valence-corrected chi connectivity index (χ0v) is 14.1. The number of rotatable bonds is 4. The lowest BCUT2D eigenvalue weighted by atomic mass is 9.82. The van der Waals surface area contributed by atoms with Crippen molar-refractivity contribution in [3.05, 3.63) is 11.9 Å². The smallest absolute Gasteiger partial charge is 0.203 e. The van der Waals surface area contributed by atoms with Crippen LogP contribution >= 0.6 is 0 Å². The number of aryl methyl sites for hydroxylation is 1. The van der Waals surface area contributed by atoms with Gasteiger partial charge in [-0.25, -0.2) is 4.98 Å². The quantitative estimate of drug-likeness (QED) is 0.845. The van der Waals surface area contributed by atoms with Crippen LogP contribution in [0.3, 0.4) is 0 Å². The van der Waals surface area contributed by atoms with Gasteiger partial charge in [-0.3, -0.25) is 0 Å². The van der Waals surface area contributed by atoms with E-state index in [0.29, 0.717) is 11.5 Å². The Balaban J connectivity index is 2.16. The van der Waals surface area contributed by atoms with E-state index < -0.39 is 0 Å². The Labute approximate surface area is 124 Å². The molecule has 2 rings (SSSR count). The first-order valence-corrected chi connectivity index (χ1v) is 8.00. The third-order valence-corrected chi connectivity index (χ3v) is 3.99. The Bertz CT molecular complexity index is 445. The Kier molecular flexibility index (Phi) is 4.17. The second kappa shape index (κ2) is 5.42. The molecule has 114 valence electrons. The van der Waals surface area contributed by atoms with E-state index in [0.717, 1.165) is 18.1 Å². The van der Waals surface area contributed by atoms with Crippen molar-refractivity contribution in [2.24, 2.45) is 5.41 Å². The lowest BCUT2D eigenvalue weighted by Crippen LogP contribution is -2.36. The summed E-state index contributed by atoms with van der Waals surface area (Å²) < 4.78 is 2.38. The van der Waals surface area contributed by atoms with E-state index in [4.69, 9.17) is 4.98 Å². The minimum absolute atomic E-state index is 0.0619.